The summed E-state index contributed by atoms with van der Waals surface area (Å²) in [4.78, 5) is 24.0. The van der Waals surface area contributed by atoms with Gasteiger partial charge in [-0.1, -0.05) is 6.07 Å². The first-order valence-corrected chi connectivity index (χ1v) is 9.42. The fourth-order valence-corrected chi connectivity index (χ4v) is 4.30. The van der Waals surface area contributed by atoms with Crippen LogP contribution in [0.15, 0.2) is 18.2 Å². The number of carbonyl (C=O) groups is 1. The Bertz CT molecular complexity index is 712. The number of morpholine rings is 1. The van der Waals surface area contributed by atoms with Gasteiger partial charge in [0.05, 0.1) is 18.6 Å². The molecular formula is C19H25N5O2. The molecule has 1 unspecified atom stereocenters. The topological polar surface area (TPSA) is 72.7 Å². The third-order valence-electron chi connectivity index (χ3n) is 5.92. The van der Waals surface area contributed by atoms with E-state index in [0.717, 1.165) is 71.1 Å². The van der Waals surface area contributed by atoms with Crippen LogP contribution >= 0.6 is 0 Å². The summed E-state index contributed by atoms with van der Waals surface area (Å²) < 4.78 is 5.39. The third-order valence-corrected chi connectivity index (χ3v) is 5.92. The van der Waals surface area contributed by atoms with E-state index in [1.807, 2.05) is 17.0 Å². The van der Waals surface area contributed by atoms with Gasteiger partial charge in [0.15, 0.2) is 0 Å². The lowest BCUT2D eigenvalue weighted by Gasteiger charge is -2.29. The lowest BCUT2D eigenvalue weighted by Crippen LogP contribution is -2.43. The molecule has 1 amide bonds. The van der Waals surface area contributed by atoms with Crippen LogP contribution in [0.5, 0.6) is 0 Å². The number of rotatable bonds is 4. The van der Waals surface area contributed by atoms with Crippen LogP contribution in [0.1, 0.15) is 18.5 Å². The van der Waals surface area contributed by atoms with E-state index in [9.17, 15) is 4.79 Å². The summed E-state index contributed by atoms with van der Waals surface area (Å²) in [6.45, 7) is 7.63. The Balaban J connectivity index is 1.37. The lowest BCUT2D eigenvalue weighted by molar-refractivity contribution is -0.135. The smallest absolute Gasteiger partial charge is 0.230 e. The van der Waals surface area contributed by atoms with Gasteiger partial charge in [-0.2, -0.15) is 5.26 Å². The molecule has 1 atom stereocenters. The van der Waals surface area contributed by atoms with Crippen LogP contribution in [0.2, 0.25) is 0 Å². The summed E-state index contributed by atoms with van der Waals surface area (Å²) in [6.07, 6.45) is 1.79. The first-order valence-electron chi connectivity index (χ1n) is 9.42. The highest BCUT2D eigenvalue weighted by atomic mass is 16.5. The molecule has 0 radical (unpaired) electrons. The predicted molar refractivity (Wildman–Crippen MR) is 96.7 cm³/mol. The molecule has 3 saturated heterocycles. The number of pyridine rings is 1. The molecule has 26 heavy (non-hydrogen) atoms. The second-order valence-corrected chi connectivity index (χ2v) is 7.44. The Morgan fingerprint density at radius 2 is 1.96 bits per heavy atom. The van der Waals surface area contributed by atoms with Crippen molar-refractivity contribution in [2.75, 3.05) is 63.9 Å². The van der Waals surface area contributed by atoms with E-state index in [2.05, 4.69) is 20.9 Å². The van der Waals surface area contributed by atoms with E-state index in [1.54, 1.807) is 6.07 Å². The Labute approximate surface area is 154 Å². The number of carbonyl (C=O) groups excluding carboxylic acids is 1. The minimum Gasteiger partial charge on any atom is -0.379 e. The number of ether oxygens (including phenoxy) is 1. The highest BCUT2D eigenvalue weighted by molar-refractivity contribution is 5.86. The molecule has 0 aliphatic carbocycles. The zero-order valence-corrected chi connectivity index (χ0v) is 15.1. The molecule has 3 aliphatic rings. The molecule has 1 spiro atoms. The van der Waals surface area contributed by atoms with Crippen LogP contribution < -0.4 is 4.90 Å². The van der Waals surface area contributed by atoms with Crippen LogP contribution in [0, 0.1) is 16.7 Å². The van der Waals surface area contributed by atoms with Crippen LogP contribution in [-0.4, -0.2) is 79.7 Å². The molecule has 7 heteroatoms. The summed E-state index contributed by atoms with van der Waals surface area (Å²) in [5.41, 5.74) is 0.156. The molecule has 4 rings (SSSR count). The number of likely N-dealkylation sites (tertiary alicyclic amines) is 1. The van der Waals surface area contributed by atoms with E-state index in [1.165, 1.54) is 0 Å². The van der Waals surface area contributed by atoms with Crippen molar-refractivity contribution in [3.63, 3.8) is 0 Å². The van der Waals surface area contributed by atoms with Gasteiger partial charge in [-0.15, -0.1) is 0 Å². The van der Waals surface area contributed by atoms with Crippen molar-refractivity contribution in [2.24, 2.45) is 5.41 Å². The largest absolute Gasteiger partial charge is 0.379 e. The molecule has 0 N–H and O–H groups in total. The maximum absolute atomic E-state index is 13.1. The number of hydrogen-bond donors (Lipinski definition) is 0. The van der Waals surface area contributed by atoms with E-state index >= 15 is 0 Å². The summed E-state index contributed by atoms with van der Waals surface area (Å²) >= 11 is 0. The second kappa shape index (κ2) is 7.22. The summed E-state index contributed by atoms with van der Waals surface area (Å²) in [5, 5.41) is 9.05. The van der Waals surface area contributed by atoms with E-state index in [-0.39, 0.29) is 5.41 Å². The molecule has 1 aromatic heterocycles. The van der Waals surface area contributed by atoms with Gasteiger partial charge >= 0.3 is 0 Å². The van der Waals surface area contributed by atoms with Crippen LogP contribution in [0.25, 0.3) is 0 Å². The zero-order valence-electron chi connectivity index (χ0n) is 15.1. The highest BCUT2D eigenvalue weighted by Gasteiger charge is 2.50. The standard InChI is InChI=1S/C19H25N5O2/c20-14-16-2-1-3-17(21-16)24-7-5-19(15-24)4-6-23(18(19)25)9-8-22-10-12-26-13-11-22/h1-3H,4-13,15H2. The third kappa shape index (κ3) is 3.27. The molecule has 1 aromatic rings. The number of anilines is 1. The average Bonchev–Trinajstić information content (AvgIpc) is 3.26. The Kier molecular flexibility index (Phi) is 4.79. The maximum atomic E-state index is 13.1. The average molecular weight is 355 g/mol. The van der Waals surface area contributed by atoms with Crippen molar-refractivity contribution < 1.29 is 9.53 Å². The van der Waals surface area contributed by atoms with E-state index in [4.69, 9.17) is 10.00 Å². The maximum Gasteiger partial charge on any atom is 0.230 e. The van der Waals surface area contributed by atoms with Gasteiger partial charge in [0.1, 0.15) is 17.6 Å². The number of nitriles is 1. The van der Waals surface area contributed by atoms with Gasteiger partial charge in [0.2, 0.25) is 5.91 Å². The van der Waals surface area contributed by atoms with Crippen molar-refractivity contribution in [1.82, 2.24) is 14.8 Å². The molecule has 0 aromatic carbocycles. The molecule has 3 aliphatic heterocycles. The van der Waals surface area contributed by atoms with Gasteiger partial charge in [-0.3, -0.25) is 9.69 Å². The number of hydrogen-bond acceptors (Lipinski definition) is 6. The Morgan fingerprint density at radius 3 is 2.77 bits per heavy atom. The van der Waals surface area contributed by atoms with Crippen LogP contribution in [-0.2, 0) is 9.53 Å². The Morgan fingerprint density at radius 1 is 1.15 bits per heavy atom. The monoisotopic (exact) mass is 355 g/mol. The molecule has 7 nitrogen and oxygen atoms in total. The van der Waals surface area contributed by atoms with Crippen molar-refractivity contribution in [2.45, 2.75) is 12.8 Å². The second-order valence-electron chi connectivity index (χ2n) is 7.44. The van der Waals surface area contributed by atoms with Crippen LogP contribution in [0.4, 0.5) is 5.82 Å². The van der Waals surface area contributed by atoms with Gasteiger partial charge in [0, 0.05) is 45.8 Å². The summed E-state index contributed by atoms with van der Waals surface area (Å²) in [5.74, 6) is 1.10. The molecule has 0 bridgehead atoms. The van der Waals surface area contributed by atoms with Crippen molar-refractivity contribution >= 4 is 11.7 Å². The van der Waals surface area contributed by atoms with Crippen molar-refractivity contribution in [1.29, 1.82) is 5.26 Å². The molecule has 4 heterocycles. The quantitative estimate of drug-likeness (QED) is 0.792. The van der Waals surface area contributed by atoms with Gasteiger partial charge < -0.3 is 14.5 Å². The molecular weight excluding hydrogens is 330 g/mol. The first-order chi connectivity index (χ1) is 12.7. The van der Waals surface area contributed by atoms with E-state index < -0.39 is 0 Å². The molecule has 138 valence electrons. The number of nitrogens with zero attached hydrogens (tertiary/aromatic N) is 5. The van der Waals surface area contributed by atoms with Crippen LogP contribution in [0.3, 0.4) is 0 Å². The lowest BCUT2D eigenvalue weighted by atomic mass is 9.85. The van der Waals surface area contributed by atoms with Crippen molar-refractivity contribution in [3.05, 3.63) is 23.9 Å². The Hall–Kier alpha value is -2.17. The normalized spacial score (nSPS) is 26.7. The van der Waals surface area contributed by atoms with Gasteiger partial charge in [-0.05, 0) is 25.0 Å². The van der Waals surface area contributed by atoms with E-state index in [0.29, 0.717) is 18.1 Å². The number of amides is 1. The summed E-state index contributed by atoms with van der Waals surface area (Å²) in [7, 11) is 0. The number of aromatic nitrogens is 1. The SMILES string of the molecule is N#Cc1cccc(N2CCC3(CCN(CCN4CCOCC4)C3=O)C2)n1. The van der Waals surface area contributed by atoms with Crippen molar-refractivity contribution in [3.8, 4) is 6.07 Å². The van der Waals surface area contributed by atoms with Gasteiger partial charge in [-0.25, -0.2) is 4.98 Å². The molecule has 0 saturated carbocycles. The zero-order chi connectivity index (χ0) is 18.0. The first kappa shape index (κ1) is 17.3. The minimum atomic E-state index is -0.269. The highest BCUT2D eigenvalue weighted by Crippen LogP contribution is 2.41. The fraction of sp³-hybridized carbons (Fsp3) is 0.632. The predicted octanol–water partition coefficient (Wildman–Crippen LogP) is 0.714. The fourth-order valence-electron chi connectivity index (χ4n) is 4.30. The minimum absolute atomic E-state index is 0.269. The van der Waals surface area contributed by atoms with Gasteiger partial charge in [0.25, 0.3) is 0 Å². The molecule has 3 fully saturated rings. The summed E-state index contributed by atoms with van der Waals surface area (Å²) in [6, 6.07) is 7.59.